The Labute approximate surface area is 156 Å². The van der Waals surface area contributed by atoms with Crippen LogP contribution in [-0.2, 0) is 6.54 Å². The average molecular weight is 359 g/mol. The maximum atomic E-state index is 5.44. The van der Waals surface area contributed by atoms with Crippen LogP contribution in [0.3, 0.4) is 0 Å². The molecule has 0 spiro atoms. The lowest BCUT2D eigenvalue weighted by atomic mass is 10.1. The Morgan fingerprint density at radius 1 is 1.07 bits per heavy atom. The fraction of sp³-hybridized carbons (Fsp3) is 0.286. The van der Waals surface area contributed by atoms with Crippen molar-refractivity contribution < 1.29 is 4.74 Å². The third kappa shape index (κ3) is 2.51. The third-order valence-electron chi connectivity index (χ3n) is 5.32. The number of ether oxygens (including phenoxy) is 1. The highest BCUT2D eigenvalue weighted by molar-refractivity contribution is 6.07. The summed E-state index contributed by atoms with van der Waals surface area (Å²) in [6.07, 6.45) is 0. The molecule has 0 unspecified atom stereocenters. The van der Waals surface area contributed by atoms with Crippen molar-refractivity contribution in [3.05, 3.63) is 41.5 Å². The second kappa shape index (κ2) is 5.94. The molecular weight excluding hydrogens is 338 g/mol. The molecule has 0 amide bonds. The monoisotopic (exact) mass is 359 g/mol. The van der Waals surface area contributed by atoms with E-state index in [-0.39, 0.29) is 0 Å². The fourth-order valence-corrected chi connectivity index (χ4v) is 3.72. The van der Waals surface area contributed by atoms with Crippen LogP contribution in [-0.4, -0.2) is 40.6 Å². The Kier molecular flexibility index (Phi) is 3.53. The molecule has 0 saturated carbocycles. The van der Waals surface area contributed by atoms with Crippen LogP contribution < -0.4 is 10.1 Å². The van der Waals surface area contributed by atoms with Gasteiger partial charge in [-0.15, -0.1) is 0 Å². The highest BCUT2D eigenvalue weighted by Gasteiger charge is 2.18. The Hall–Kier alpha value is -3.15. The number of nitrogens with zero attached hydrogens (tertiary/aromatic N) is 4. The Morgan fingerprint density at radius 2 is 1.85 bits per heavy atom. The molecule has 0 fully saturated rings. The molecule has 6 heteroatoms. The Morgan fingerprint density at radius 3 is 2.56 bits per heavy atom. The third-order valence-corrected chi connectivity index (χ3v) is 5.32. The van der Waals surface area contributed by atoms with Gasteiger partial charge in [0.15, 0.2) is 5.65 Å². The van der Waals surface area contributed by atoms with Gasteiger partial charge in [-0.2, -0.15) is 0 Å². The number of fused-ring (bicyclic) bond motifs is 4. The summed E-state index contributed by atoms with van der Waals surface area (Å²) >= 11 is 0. The van der Waals surface area contributed by atoms with Crippen molar-refractivity contribution in [2.45, 2.75) is 20.4 Å². The number of nitrogens with one attached hydrogen (secondary N) is 1. The van der Waals surface area contributed by atoms with Gasteiger partial charge in [-0.3, -0.25) is 4.99 Å². The van der Waals surface area contributed by atoms with E-state index in [0.717, 1.165) is 57.8 Å². The number of hydrogen-bond donors (Lipinski definition) is 1. The van der Waals surface area contributed by atoms with Gasteiger partial charge >= 0.3 is 0 Å². The van der Waals surface area contributed by atoms with E-state index in [4.69, 9.17) is 14.7 Å². The first-order chi connectivity index (χ1) is 13.1. The second-order valence-corrected chi connectivity index (χ2v) is 7.05. The van der Waals surface area contributed by atoms with Gasteiger partial charge in [0.05, 0.1) is 36.7 Å². The number of rotatable bonds is 3. The molecule has 2 aromatic heterocycles. The van der Waals surface area contributed by atoms with Gasteiger partial charge < -0.3 is 14.6 Å². The zero-order chi connectivity index (χ0) is 18.5. The van der Waals surface area contributed by atoms with E-state index in [9.17, 15) is 0 Å². The highest BCUT2D eigenvalue weighted by atomic mass is 16.5. The van der Waals surface area contributed by atoms with Gasteiger partial charge in [-0.05, 0) is 55.3 Å². The first kappa shape index (κ1) is 16.1. The van der Waals surface area contributed by atoms with Gasteiger partial charge in [0, 0.05) is 11.9 Å². The molecule has 1 aliphatic heterocycles. The summed E-state index contributed by atoms with van der Waals surface area (Å²) in [5, 5.41) is 4.41. The highest BCUT2D eigenvalue weighted by Crippen LogP contribution is 2.31. The molecule has 6 nitrogen and oxygen atoms in total. The van der Waals surface area contributed by atoms with Crippen LogP contribution in [0.25, 0.3) is 33.1 Å². The second-order valence-electron chi connectivity index (χ2n) is 7.05. The molecule has 0 aliphatic carbocycles. The van der Waals surface area contributed by atoms with Crippen LogP contribution in [0.5, 0.6) is 5.75 Å². The molecule has 3 heterocycles. The number of aromatic nitrogens is 3. The van der Waals surface area contributed by atoms with Gasteiger partial charge in [-0.25, -0.2) is 9.97 Å². The molecule has 4 aromatic rings. The number of aliphatic imine (C=N–C) groups is 1. The molecule has 0 saturated heterocycles. The zero-order valence-electron chi connectivity index (χ0n) is 15.7. The zero-order valence-corrected chi connectivity index (χ0v) is 15.7. The van der Waals surface area contributed by atoms with E-state index in [0.29, 0.717) is 6.54 Å². The minimum absolute atomic E-state index is 0.664. The summed E-state index contributed by atoms with van der Waals surface area (Å²) in [5.74, 6) is 1.81. The van der Waals surface area contributed by atoms with Crippen LogP contribution >= 0.6 is 0 Å². The van der Waals surface area contributed by atoms with E-state index < -0.39 is 0 Å². The normalized spacial score (nSPS) is 14.1. The van der Waals surface area contributed by atoms with Gasteiger partial charge in [0.2, 0.25) is 0 Å². The molecular formula is C21H21N5O. The van der Waals surface area contributed by atoms with Crippen molar-refractivity contribution in [2.24, 2.45) is 4.99 Å². The average Bonchev–Trinajstić information content (AvgIpc) is 3.28. The first-order valence-electron chi connectivity index (χ1n) is 9.16. The molecule has 0 radical (unpaired) electrons. The maximum Gasteiger partial charge on any atom is 0.160 e. The van der Waals surface area contributed by atoms with Crippen LogP contribution in [0.2, 0.25) is 0 Å². The predicted octanol–water partition coefficient (Wildman–Crippen LogP) is 3.36. The standard InChI is InChI=1S/C21H21N5O/c1-12-8-16-17(9-13(12)2)25-21-20(24-16)15-10-14(27-3)4-5-18(15)26(21)11-19-22-6-7-23-19/h4-5,8-10H,6-7,11H2,1-3H3,(H,22,23). The minimum atomic E-state index is 0.664. The van der Waals surface area contributed by atoms with E-state index >= 15 is 0 Å². The molecule has 2 aromatic carbocycles. The number of benzene rings is 2. The van der Waals surface area contributed by atoms with Crippen molar-refractivity contribution in [3.8, 4) is 5.75 Å². The van der Waals surface area contributed by atoms with Crippen LogP contribution in [0.1, 0.15) is 11.1 Å². The topological polar surface area (TPSA) is 64.3 Å². The number of hydrogen-bond acceptors (Lipinski definition) is 5. The molecule has 136 valence electrons. The van der Waals surface area contributed by atoms with E-state index in [1.165, 1.54) is 11.1 Å². The van der Waals surface area contributed by atoms with Crippen LogP contribution in [0.15, 0.2) is 35.3 Å². The summed E-state index contributed by atoms with van der Waals surface area (Å²) in [5.41, 5.74) is 7.16. The van der Waals surface area contributed by atoms with Gasteiger partial charge in [0.1, 0.15) is 17.1 Å². The molecule has 27 heavy (non-hydrogen) atoms. The molecule has 0 bridgehead atoms. The SMILES string of the molecule is COc1ccc2c(c1)c1nc3cc(C)c(C)cc3nc1n2CC1=NCCN1. The Bertz CT molecular complexity index is 1240. The molecule has 1 aliphatic rings. The fourth-order valence-electron chi connectivity index (χ4n) is 3.72. The summed E-state index contributed by atoms with van der Waals surface area (Å²) in [6.45, 7) is 6.60. The number of aryl methyl sites for hydroxylation is 2. The largest absolute Gasteiger partial charge is 0.497 e. The van der Waals surface area contributed by atoms with E-state index in [1.807, 2.05) is 12.1 Å². The minimum Gasteiger partial charge on any atom is -0.497 e. The van der Waals surface area contributed by atoms with E-state index in [2.05, 4.69) is 46.9 Å². The van der Waals surface area contributed by atoms with E-state index in [1.54, 1.807) is 7.11 Å². The van der Waals surface area contributed by atoms with Crippen molar-refractivity contribution in [3.63, 3.8) is 0 Å². The quantitative estimate of drug-likeness (QED) is 0.609. The van der Waals surface area contributed by atoms with Gasteiger partial charge in [0.25, 0.3) is 0 Å². The van der Waals surface area contributed by atoms with Crippen molar-refractivity contribution >= 4 is 38.9 Å². The predicted molar refractivity (Wildman–Crippen MR) is 109 cm³/mol. The molecule has 1 N–H and O–H groups in total. The van der Waals surface area contributed by atoms with Crippen LogP contribution in [0.4, 0.5) is 0 Å². The lowest BCUT2D eigenvalue weighted by molar-refractivity contribution is 0.415. The molecule has 0 atom stereocenters. The summed E-state index contributed by atoms with van der Waals surface area (Å²) < 4.78 is 7.64. The van der Waals surface area contributed by atoms with Crippen molar-refractivity contribution in [2.75, 3.05) is 20.2 Å². The van der Waals surface area contributed by atoms with Crippen molar-refractivity contribution in [1.82, 2.24) is 19.9 Å². The summed E-state index contributed by atoms with van der Waals surface area (Å²) in [7, 11) is 1.69. The maximum absolute atomic E-state index is 5.44. The number of amidine groups is 1. The summed E-state index contributed by atoms with van der Waals surface area (Å²) in [6, 6.07) is 10.3. The lowest BCUT2D eigenvalue weighted by Crippen LogP contribution is -2.23. The van der Waals surface area contributed by atoms with Crippen LogP contribution in [0, 0.1) is 13.8 Å². The smallest absolute Gasteiger partial charge is 0.160 e. The van der Waals surface area contributed by atoms with Crippen molar-refractivity contribution in [1.29, 1.82) is 0 Å². The summed E-state index contributed by atoms with van der Waals surface area (Å²) in [4.78, 5) is 14.5. The number of methoxy groups -OCH3 is 1. The lowest BCUT2D eigenvalue weighted by Gasteiger charge is -2.08. The first-order valence-corrected chi connectivity index (χ1v) is 9.16. The molecule has 5 rings (SSSR count). The Balaban J connectivity index is 1.85. The van der Waals surface area contributed by atoms with Gasteiger partial charge in [-0.1, -0.05) is 0 Å².